The van der Waals surface area contributed by atoms with Crippen LogP contribution in [-0.4, -0.2) is 34.0 Å². The van der Waals surface area contributed by atoms with E-state index in [-0.39, 0.29) is 12.5 Å². The van der Waals surface area contributed by atoms with E-state index in [0.717, 1.165) is 18.4 Å². The zero-order chi connectivity index (χ0) is 15.1. The molecule has 0 bridgehead atoms. The second-order valence-electron chi connectivity index (χ2n) is 5.61. The van der Waals surface area contributed by atoms with Crippen LogP contribution in [0, 0.1) is 0 Å². The first-order valence-corrected chi connectivity index (χ1v) is 7.60. The fourth-order valence-corrected chi connectivity index (χ4v) is 2.54. The summed E-state index contributed by atoms with van der Waals surface area (Å²) in [5.41, 5.74) is 1.60. The van der Waals surface area contributed by atoms with Crippen LogP contribution in [0.15, 0.2) is 17.5 Å². The second-order valence-corrected chi connectivity index (χ2v) is 5.61. The topological polar surface area (TPSA) is 68.5 Å². The Balaban J connectivity index is 1.73. The molecule has 0 atom stereocenters. The van der Waals surface area contributed by atoms with E-state index in [4.69, 9.17) is 4.84 Å². The number of nitrogens with one attached hydrogen (secondary N) is 1. The van der Waals surface area contributed by atoms with Crippen LogP contribution in [0.1, 0.15) is 51.0 Å². The van der Waals surface area contributed by atoms with Crippen LogP contribution in [-0.2, 0) is 16.7 Å². The molecule has 0 radical (unpaired) electrons. The van der Waals surface area contributed by atoms with Gasteiger partial charge in [-0.05, 0) is 19.8 Å². The van der Waals surface area contributed by atoms with Gasteiger partial charge in [0.25, 0.3) is 5.91 Å². The number of rotatable bonds is 5. The van der Waals surface area contributed by atoms with Crippen LogP contribution >= 0.6 is 0 Å². The molecule has 116 valence electrons. The predicted octanol–water partition coefficient (Wildman–Crippen LogP) is 2.00. The first-order chi connectivity index (χ1) is 10.1. The molecule has 0 spiro atoms. The standard InChI is InChI=1S/C15H24N4O2/c1-12(13-9-16-19(2)10-13)18-21-11-15(20)17-14-7-5-3-4-6-8-14/h9-10,14H,3-8,11H2,1-2H3,(H,17,20). The van der Waals surface area contributed by atoms with Gasteiger partial charge in [0.05, 0.1) is 11.9 Å². The third-order valence-electron chi connectivity index (χ3n) is 3.74. The number of hydrogen-bond acceptors (Lipinski definition) is 4. The number of amides is 1. The maximum absolute atomic E-state index is 11.8. The van der Waals surface area contributed by atoms with Gasteiger partial charge in [-0.3, -0.25) is 9.48 Å². The highest BCUT2D eigenvalue weighted by atomic mass is 16.6. The Kier molecular flexibility index (Phi) is 5.78. The molecule has 0 aliphatic heterocycles. The maximum atomic E-state index is 11.8. The average Bonchev–Trinajstić information content (AvgIpc) is 2.72. The van der Waals surface area contributed by atoms with Gasteiger partial charge in [0, 0.05) is 24.8 Å². The number of carbonyl (C=O) groups is 1. The molecule has 1 N–H and O–H groups in total. The monoisotopic (exact) mass is 292 g/mol. The van der Waals surface area contributed by atoms with E-state index >= 15 is 0 Å². The lowest BCUT2D eigenvalue weighted by Crippen LogP contribution is -2.36. The molecule has 6 heteroatoms. The van der Waals surface area contributed by atoms with Gasteiger partial charge in [-0.15, -0.1) is 0 Å². The normalized spacial score (nSPS) is 17.3. The Bertz CT molecular complexity index is 488. The largest absolute Gasteiger partial charge is 0.385 e. The van der Waals surface area contributed by atoms with Crippen molar-refractivity contribution in [3.63, 3.8) is 0 Å². The van der Waals surface area contributed by atoms with Crippen LogP contribution in [0.5, 0.6) is 0 Å². The first kappa shape index (κ1) is 15.5. The van der Waals surface area contributed by atoms with Crippen molar-refractivity contribution in [3.05, 3.63) is 18.0 Å². The van der Waals surface area contributed by atoms with Crippen molar-refractivity contribution >= 4 is 11.6 Å². The quantitative estimate of drug-likeness (QED) is 0.513. The highest BCUT2D eigenvalue weighted by Crippen LogP contribution is 2.17. The van der Waals surface area contributed by atoms with E-state index in [9.17, 15) is 4.79 Å². The summed E-state index contributed by atoms with van der Waals surface area (Å²) in [6.07, 6.45) is 10.7. The van der Waals surface area contributed by atoms with Gasteiger partial charge in [0.15, 0.2) is 6.61 Å². The Morgan fingerprint density at radius 1 is 1.43 bits per heavy atom. The Hall–Kier alpha value is -1.85. The highest BCUT2D eigenvalue weighted by Gasteiger charge is 2.14. The molecule has 1 heterocycles. The summed E-state index contributed by atoms with van der Waals surface area (Å²) in [7, 11) is 1.85. The maximum Gasteiger partial charge on any atom is 0.260 e. The van der Waals surface area contributed by atoms with Crippen molar-refractivity contribution in [1.29, 1.82) is 0 Å². The summed E-state index contributed by atoms with van der Waals surface area (Å²) < 4.78 is 1.70. The third kappa shape index (κ3) is 5.21. The summed E-state index contributed by atoms with van der Waals surface area (Å²) >= 11 is 0. The Morgan fingerprint density at radius 3 is 2.76 bits per heavy atom. The molecular weight excluding hydrogens is 268 g/mol. The van der Waals surface area contributed by atoms with Gasteiger partial charge in [-0.1, -0.05) is 30.8 Å². The minimum absolute atomic E-state index is 0.0336. The van der Waals surface area contributed by atoms with Crippen LogP contribution in [0.2, 0.25) is 0 Å². The summed E-state index contributed by atoms with van der Waals surface area (Å²) in [6.45, 7) is 1.80. The Labute approximate surface area is 125 Å². The van der Waals surface area contributed by atoms with Crippen LogP contribution in [0.3, 0.4) is 0 Å². The lowest BCUT2D eigenvalue weighted by molar-refractivity contribution is -0.126. The van der Waals surface area contributed by atoms with Crippen LogP contribution in [0.25, 0.3) is 0 Å². The van der Waals surface area contributed by atoms with Crippen molar-refractivity contribution in [2.45, 2.75) is 51.5 Å². The molecule has 1 aromatic heterocycles. The number of oxime groups is 1. The molecule has 21 heavy (non-hydrogen) atoms. The zero-order valence-corrected chi connectivity index (χ0v) is 12.8. The van der Waals surface area contributed by atoms with E-state index in [0.29, 0.717) is 11.8 Å². The van der Waals surface area contributed by atoms with Gasteiger partial charge in [-0.25, -0.2) is 0 Å². The van der Waals surface area contributed by atoms with Gasteiger partial charge < -0.3 is 10.2 Å². The van der Waals surface area contributed by atoms with Crippen molar-refractivity contribution in [3.8, 4) is 0 Å². The molecule has 1 aliphatic carbocycles. The molecule has 1 fully saturated rings. The van der Waals surface area contributed by atoms with E-state index < -0.39 is 0 Å². The van der Waals surface area contributed by atoms with Crippen molar-refractivity contribution in [2.24, 2.45) is 12.2 Å². The van der Waals surface area contributed by atoms with E-state index in [1.807, 2.05) is 20.2 Å². The van der Waals surface area contributed by atoms with Crippen molar-refractivity contribution < 1.29 is 9.63 Å². The minimum atomic E-state index is -0.0929. The number of aromatic nitrogens is 2. The van der Waals surface area contributed by atoms with Crippen LogP contribution < -0.4 is 5.32 Å². The van der Waals surface area contributed by atoms with E-state index in [1.165, 1.54) is 25.7 Å². The van der Waals surface area contributed by atoms with Gasteiger partial charge in [0.1, 0.15) is 0 Å². The fraction of sp³-hybridized carbons (Fsp3) is 0.667. The SMILES string of the molecule is CC(=NOCC(=O)NC1CCCCCC1)c1cnn(C)c1. The van der Waals surface area contributed by atoms with Crippen molar-refractivity contribution in [1.82, 2.24) is 15.1 Å². The molecular formula is C15H24N4O2. The van der Waals surface area contributed by atoms with Gasteiger partial charge in [0.2, 0.25) is 0 Å². The number of aryl methyl sites for hydroxylation is 1. The molecule has 0 unspecified atom stereocenters. The summed E-state index contributed by atoms with van der Waals surface area (Å²) in [4.78, 5) is 17.0. The zero-order valence-electron chi connectivity index (χ0n) is 12.8. The summed E-state index contributed by atoms with van der Waals surface area (Å²) in [5, 5.41) is 11.1. The van der Waals surface area contributed by atoms with Gasteiger partial charge >= 0.3 is 0 Å². The van der Waals surface area contributed by atoms with Crippen molar-refractivity contribution in [2.75, 3.05) is 6.61 Å². The first-order valence-electron chi connectivity index (χ1n) is 7.60. The van der Waals surface area contributed by atoms with E-state index in [2.05, 4.69) is 15.6 Å². The van der Waals surface area contributed by atoms with Crippen LogP contribution in [0.4, 0.5) is 0 Å². The molecule has 1 aliphatic rings. The molecule has 1 amide bonds. The third-order valence-corrected chi connectivity index (χ3v) is 3.74. The molecule has 1 aromatic rings. The molecule has 6 nitrogen and oxygen atoms in total. The fourth-order valence-electron chi connectivity index (χ4n) is 2.54. The van der Waals surface area contributed by atoms with E-state index in [1.54, 1.807) is 10.9 Å². The second kappa shape index (κ2) is 7.81. The average molecular weight is 292 g/mol. The minimum Gasteiger partial charge on any atom is -0.385 e. The van der Waals surface area contributed by atoms with Gasteiger partial charge in [-0.2, -0.15) is 5.10 Å². The lowest BCUT2D eigenvalue weighted by Gasteiger charge is -2.15. The Morgan fingerprint density at radius 2 is 2.14 bits per heavy atom. The number of hydrogen-bond donors (Lipinski definition) is 1. The predicted molar refractivity (Wildman–Crippen MR) is 81.0 cm³/mol. The number of carbonyl (C=O) groups excluding carboxylic acids is 1. The number of nitrogens with zero attached hydrogens (tertiary/aromatic N) is 3. The summed E-state index contributed by atoms with van der Waals surface area (Å²) in [6, 6.07) is 0.298. The lowest BCUT2D eigenvalue weighted by atomic mass is 10.1. The smallest absolute Gasteiger partial charge is 0.260 e. The highest BCUT2D eigenvalue weighted by molar-refractivity contribution is 5.97. The molecule has 0 saturated heterocycles. The summed E-state index contributed by atoms with van der Waals surface area (Å²) in [5.74, 6) is -0.0929. The molecule has 0 aromatic carbocycles. The molecule has 2 rings (SSSR count). The molecule has 1 saturated carbocycles.